The van der Waals surface area contributed by atoms with Crippen molar-refractivity contribution in [2.75, 3.05) is 0 Å². The number of carbonyl (C=O) groups excluding carboxylic acids is 2. The number of hydrogen-bond acceptors (Lipinski definition) is 4. The van der Waals surface area contributed by atoms with E-state index in [0.717, 1.165) is 0 Å². The van der Waals surface area contributed by atoms with Gasteiger partial charge in [-0.25, -0.2) is 0 Å². The van der Waals surface area contributed by atoms with Crippen molar-refractivity contribution in [1.29, 1.82) is 0 Å². The van der Waals surface area contributed by atoms with E-state index in [2.05, 4.69) is 21.3 Å². The van der Waals surface area contributed by atoms with E-state index in [9.17, 15) is 9.59 Å². The van der Waals surface area contributed by atoms with E-state index in [4.69, 9.17) is 5.73 Å². The van der Waals surface area contributed by atoms with Crippen molar-refractivity contribution in [1.82, 2.24) is 4.40 Å². The van der Waals surface area contributed by atoms with Gasteiger partial charge in [-0.3, -0.25) is 9.59 Å². The van der Waals surface area contributed by atoms with Gasteiger partial charge in [-0.15, -0.1) is 0 Å². The maximum Gasteiger partial charge on any atom is 0.310 e. The van der Waals surface area contributed by atoms with Gasteiger partial charge in [0.25, 0.3) is 0 Å². The zero-order valence-corrected chi connectivity index (χ0v) is 14.4. The minimum Gasteiger partial charge on any atom is -0.394 e. The Balaban J connectivity index is 0. The molecule has 5 nitrogen and oxygen atoms in total. The van der Waals surface area contributed by atoms with Crippen LogP contribution in [0.5, 0.6) is 0 Å². The third kappa shape index (κ3) is 8.92. The van der Waals surface area contributed by atoms with Gasteiger partial charge in [-0.05, 0) is 23.8 Å². The third-order valence-electron chi connectivity index (χ3n) is 2.16. The Kier molecular flexibility index (Phi) is 13.9. The average molecular weight is 308 g/mol. The third-order valence-corrected chi connectivity index (χ3v) is 2.16. The number of carbonyl (C=O) groups is 2. The van der Waals surface area contributed by atoms with E-state index < -0.39 is 11.9 Å². The Morgan fingerprint density at radius 2 is 1.55 bits per heavy atom. The Morgan fingerprint density at radius 3 is 1.95 bits per heavy atom. The predicted molar refractivity (Wildman–Crippen MR) is 90.4 cm³/mol. The SMILES string of the molecule is CC.CC.CC(=O)OC(C)=O.NCc1ccn2ccccc12. The van der Waals surface area contributed by atoms with Crippen LogP contribution in [0.2, 0.25) is 0 Å². The molecule has 0 aromatic carbocycles. The summed E-state index contributed by atoms with van der Waals surface area (Å²) in [5.74, 6) is -1.12. The molecule has 0 saturated carbocycles. The zero-order valence-electron chi connectivity index (χ0n) is 14.4. The monoisotopic (exact) mass is 308 g/mol. The molecule has 5 heteroatoms. The van der Waals surface area contributed by atoms with E-state index in [-0.39, 0.29) is 0 Å². The minimum absolute atomic E-state index is 0.562. The second-order valence-corrected chi connectivity index (χ2v) is 3.62. The van der Waals surface area contributed by atoms with Crippen LogP contribution in [0.1, 0.15) is 47.1 Å². The normalized spacial score (nSPS) is 8.32. The molecule has 2 heterocycles. The molecule has 124 valence electrons. The maximum atomic E-state index is 9.81. The van der Waals surface area contributed by atoms with Crippen LogP contribution < -0.4 is 5.73 Å². The van der Waals surface area contributed by atoms with Crippen LogP contribution in [0.4, 0.5) is 0 Å². The highest BCUT2D eigenvalue weighted by Gasteiger charge is 1.96. The summed E-state index contributed by atoms with van der Waals surface area (Å²) in [7, 11) is 0. The van der Waals surface area contributed by atoms with Gasteiger partial charge in [-0.2, -0.15) is 0 Å². The van der Waals surface area contributed by atoms with Crippen LogP contribution in [0.15, 0.2) is 36.7 Å². The standard InChI is InChI=1S/C9H10N2.C4H6O3.2C2H6/c10-7-8-4-6-11-5-2-1-3-9(8)11;1-3(5)7-4(2)6;2*1-2/h1-6H,7,10H2;1-2H3;2*1-2H3. The molecule has 0 bridgehead atoms. The Hall–Kier alpha value is -2.14. The molecule has 2 aromatic rings. The summed E-state index contributed by atoms with van der Waals surface area (Å²) in [6.07, 6.45) is 4.05. The fourth-order valence-corrected chi connectivity index (χ4v) is 1.49. The van der Waals surface area contributed by atoms with E-state index in [0.29, 0.717) is 6.54 Å². The highest BCUT2D eigenvalue weighted by Crippen LogP contribution is 2.10. The largest absolute Gasteiger partial charge is 0.394 e. The molecule has 2 rings (SSSR count). The molecule has 0 fully saturated rings. The highest BCUT2D eigenvalue weighted by molar-refractivity contribution is 5.82. The number of nitrogens with zero attached hydrogens (tertiary/aromatic N) is 1. The van der Waals surface area contributed by atoms with Crippen molar-refractivity contribution in [2.45, 2.75) is 48.1 Å². The summed E-state index contributed by atoms with van der Waals surface area (Å²) in [5, 5.41) is 0. The first-order valence-corrected chi connectivity index (χ1v) is 7.48. The van der Waals surface area contributed by atoms with Gasteiger partial charge >= 0.3 is 11.9 Å². The molecule has 0 radical (unpaired) electrons. The number of nitrogens with two attached hydrogens (primary N) is 1. The van der Waals surface area contributed by atoms with Gasteiger partial charge in [-0.1, -0.05) is 33.8 Å². The topological polar surface area (TPSA) is 73.8 Å². The smallest absolute Gasteiger partial charge is 0.310 e. The summed E-state index contributed by atoms with van der Waals surface area (Å²) in [6, 6.07) is 8.15. The Labute approximate surface area is 133 Å². The lowest BCUT2D eigenvalue weighted by Gasteiger charge is -1.94. The minimum atomic E-state index is -0.562. The van der Waals surface area contributed by atoms with E-state index in [1.165, 1.54) is 24.9 Å². The van der Waals surface area contributed by atoms with Gasteiger partial charge in [0, 0.05) is 38.3 Å². The lowest BCUT2D eigenvalue weighted by molar-refractivity contribution is -0.156. The average Bonchev–Trinajstić information content (AvgIpc) is 2.94. The number of esters is 2. The molecule has 0 saturated heterocycles. The van der Waals surface area contributed by atoms with Crippen LogP contribution in [-0.2, 0) is 20.9 Å². The van der Waals surface area contributed by atoms with Gasteiger partial charge in [0.15, 0.2) is 0 Å². The second-order valence-electron chi connectivity index (χ2n) is 3.62. The lowest BCUT2D eigenvalue weighted by atomic mass is 10.2. The van der Waals surface area contributed by atoms with Crippen LogP contribution in [-0.4, -0.2) is 16.3 Å². The molecular weight excluding hydrogens is 280 g/mol. The van der Waals surface area contributed by atoms with Crippen molar-refractivity contribution < 1.29 is 14.3 Å². The molecule has 0 aliphatic rings. The molecule has 0 aliphatic carbocycles. The molecule has 22 heavy (non-hydrogen) atoms. The molecule has 2 N–H and O–H groups in total. The molecule has 0 aliphatic heterocycles. The van der Waals surface area contributed by atoms with Gasteiger partial charge in [0.1, 0.15) is 0 Å². The summed E-state index contributed by atoms with van der Waals surface area (Å²) in [6.45, 7) is 11.0. The van der Waals surface area contributed by atoms with Crippen molar-refractivity contribution in [3.63, 3.8) is 0 Å². The maximum absolute atomic E-state index is 9.81. The Morgan fingerprint density at radius 1 is 1.00 bits per heavy atom. The lowest BCUT2D eigenvalue weighted by Crippen LogP contribution is -2.03. The summed E-state index contributed by atoms with van der Waals surface area (Å²) < 4.78 is 6.04. The van der Waals surface area contributed by atoms with Crippen LogP contribution in [0.25, 0.3) is 5.52 Å². The first-order valence-electron chi connectivity index (χ1n) is 7.48. The molecule has 0 atom stereocenters. The first kappa shape index (κ1) is 22.1. The van der Waals surface area contributed by atoms with Crippen molar-refractivity contribution in [3.05, 3.63) is 42.2 Å². The predicted octanol–water partition coefficient (Wildman–Crippen LogP) is 3.55. The highest BCUT2D eigenvalue weighted by atomic mass is 16.6. The number of aromatic nitrogens is 1. The van der Waals surface area contributed by atoms with Gasteiger partial charge in [0.2, 0.25) is 0 Å². The van der Waals surface area contributed by atoms with Crippen molar-refractivity contribution >= 4 is 17.5 Å². The first-order chi connectivity index (χ1) is 10.5. The van der Waals surface area contributed by atoms with Gasteiger partial charge in [0.05, 0.1) is 0 Å². The number of hydrogen-bond donors (Lipinski definition) is 1. The summed E-state index contributed by atoms with van der Waals surface area (Å²) >= 11 is 0. The Bertz CT molecular complexity index is 536. The number of pyridine rings is 1. The van der Waals surface area contributed by atoms with E-state index >= 15 is 0 Å². The second kappa shape index (κ2) is 13.8. The zero-order chi connectivity index (χ0) is 17.5. The molecule has 0 amide bonds. The number of fused-ring (bicyclic) bond motifs is 1. The van der Waals surface area contributed by atoms with Crippen molar-refractivity contribution in [3.8, 4) is 0 Å². The molecule has 0 unspecified atom stereocenters. The summed E-state index contributed by atoms with van der Waals surface area (Å²) in [5.41, 5.74) is 7.95. The van der Waals surface area contributed by atoms with Crippen molar-refractivity contribution in [2.24, 2.45) is 5.73 Å². The van der Waals surface area contributed by atoms with Crippen LogP contribution in [0.3, 0.4) is 0 Å². The molecule has 0 spiro atoms. The fraction of sp³-hybridized carbons (Fsp3) is 0.412. The fourth-order valence-electron chi connectivity index (χ4n) is 1.49. The van der Waals surface area contributed by atoms with Crippen LogP contribution in [0, 0.1) is 0 Å². The summed E-state index contributed by atoms with van der Waals surface area (Å²) in [4.78, 5) is 19.6. The van der Waals surface area contributed by atoms with Crippen LogP contribution >= 0.6 is 0 Å². The quantitative estimate of drug-likeness (QED) is 0.646. The molecule has 2 aromatic heterocycles. The van der Waals surface area contributed by atoms with E-state index in [1.54, 1.807) is 0 Å². The number of ether oxygens (including phenoxy) is 1. The number of rotatable bonds is 1. The van der Waals surface area contributed by atoms with E-state index in [1.807, 2.05) is 52.2 Å². The van der Waals surface area contributed by atoms with Gasteiger partial charge < -0.3 is 14.9 Å². The molecular formula is C17H28N2O3.